The van der Waals surface area contributed by atoms with E-state index < -0.39 is 5.89 Å². The summed E-state index contributed by atoms with van der Waals surface area (Å²) in [6.07, 6.45) is 7.91. The van der Waals surface area contributed by atoms with E-state index in [0.717, 1.165) is 0 Å². The largest absolute Gasteiger partial charge is 0.547 e. The molecule has 0 aromatic rings. The molecule has 0 N–H and O–H groups in total. The molecule has 0 atom stereocenters. The maximum absolute atomic E-state index is 5.11. The first kappa shape index (κ1) is 8.66. The Labute approximate surface area is 72.3 Å². The zero-order chi connectivity index (χ0) is 7.61. The van der Waals surface area contributed by atoms with E-state index in [4.69, 9.17) is 29.0 Å². The molecule has 0 fully saturated rings. The maximum atomic E-state index is 5.11. The normalized spacial score (nSPS) is 18.7. The monoisotopic (exact) mass is 191 g/mol. The van der Waals surface area contributed by atoms with Gasteiger partial charge < -0.3 is 24.5 Å². The first-order valence-corrected chi connectivity index (χ1v) is 6.68. The SMILES string of the molecule is CO[P+]([S-])([S-])C1C=CC=C1. The van der Waals surface area contributed by atoms with Crippen LogP contribution in [0, 0.1) is 0 Å². The summed E-state index contributed by atoms with van der Waals surface area (Å²) in [7, 11) is 1.59. The number of hydrogen-bond donors (Lipinski definition) is 0. The Morgan fingerprint density at radius 3 is 2.20 bits per heavy atom. The van der Waals surface area contributed by atoms with Gasteiger partial charge in [0.1, 0.15) is 0 Å². The first-order chi connectivity index (χ1) is 4.67. The van der Waals surface area contributed by atoms with Gasteiger partial charge in [0.25, 0.3) is 0 Å². The van der Waals surface area contributed by atoms with Crippen molar-refractivity contribution in [2.24, 2.45) is 0 Å². The molecule has 0 saturated heterocycles. The molecule has 0 radical (unpaired) electrons. The van der Waals surface area contributed by atoms with Crippen molar-refractivity contribution < 1.29 is 4.52 Å². The highest BCUT2D eigenvalue weighted by molar-refractivity contribution is 8.72. The molecule has 10 heavy (non-hydrogen) atoms. The van der Waals surface area contributed by atoms with Crippen LogP contribution in [0.2, 0.25) is 0 Å². The summed E-state index contributed by atoms with van der Waals surface area (Å²) in [4.78, 5) is 0. The topological polar surface area (TPSA) is 9.23 Å². The Balaban J connectivity index is 2.64. The van der Waals surface area contributed by atoms with Crippen molar-refractivity contribution in [2.75, 3.05) is 7.11 Å². The average Bonchev–Trinajstić information content (AvgIpc) is 2.38. The Hall–Kier alpha value is 0.570. The standard InChI is InChI=1S/C6H9OPS2/c1-7-8(9,10)6-4-2-3-5-6/h2-6H,1H3,(H,9,10)/p-1. The van der Waals surface area contributed by atoms with Gasteiger partial charge in [0, 0.05) is 0 Å². The van der Waals surface area contributed by atoms with E-state index in [1.54, 1.807) is 7.11 Å². The van der Waals surface area contributed by atoms with Crippen molar-refractivity contribution in [1.82, 2.24) is 0 Å². The van der Waals surface area contributed by atoms with Crippen LogP contribution in [0.1, 0.15) is 0 Å². The van der Waals surface area contributed by atoms with Crippen LogP contribution >= 0.6 is 5.89 Å². The van der Waals surface area contributed by atoms with E-state index >= 15 is 0 Å². The molecule has 1 aliphatic carbocycles. The van der Waals surface area contributed by atoms with E-state index in [0.29, 0.717) is 0 Å². The molecule has 0 aromatic heterocycles. The lowest BCUT2D eigenvalue weighted by Gasteiger charge is -2.39. The minimum Gasteiger partial charge on any atom is -0.547 e. The third-order valence-corrected chi connectivity index (χ3v) is 5.29. The molecule has 0 bridgehead atoms. The first-order valence-electron chi connectivity index (χ1n) is 2.88. The summed E-state index contributed by atoms with van der Waals surface area (Å²) in [6.45, 7) is 0. The third-order valence-electron chi connectivity index (χ3n) is 1.35. The summed E-state index contributed by atoms with van der Waals surface area (Å²) in [6, 6.07) is 0. The number of hydrogen-bond acceptors (Lipinski definition) is 3. The third kappa shape index (κ3) is 1.79. The second-order valence-electron chi connectivity index (χ2n) is 1.98. The molecule has 0 unspecified atom stereocenters. The van der Waals surface area contributed by atoms with Gasteiger partial charge >= 0.3 is 0 Å². The summed E-state index contributed by atoms with van der Waals surface area (Å²) in [5, 5.41) is 0. The molecule has 4 heteroatoms. The molecular weight excluding hydrogens is 183 g/mol. The van der Waals surface area contributed by atoms with Gasteiger partial charge in [-0.05, 0) is 12.2 Å². The van der Waals surface area contributed by atoms with Crippen LogP contribution in [0.25, 0.3) is 0 Å². The summed E-state index contributed by atoms with van der Waals surface area (Å²) < 4.78 is 5.06. The molecule has 56 valence electrons. The van der Waals surface area contributed by atoms with Gasteiger partial charge in [0.2, 0.25) is 0 Å². The zero-order valence-electron chi connectivity index (χ0n) is 5.56. The molecule has 1 nitrogen and oxygen atoms in total. The van der Waals surface area contributed by atoms with Crippen molar-refractivity contribution in [3.8, 4) is 0 Å². The molecule has 1 rings (SSSR count). The van der Waals surface area contributed by atoms with Gasteiger partial charge in [0.05, 0.1) is 12.8 Å². The van der Waals surface area contributed by atoms with E-state index in [-0.39, 0.29) is 5.66 Å². The second kappa shape index (κ2) is 3.31. The number of rotatable bonds is 2. The van der Waals surface area contributed by atoms with Gasteiger partial charge in [-0.2, -0.15) is 0 Å². The minimum atomic E-state index is -1.98. The maximum Gasteiger partial charge on any atom is 0.0934 e. The molecule has 0 heterocycles. The van der Waals surface area contributed by atoms with Crippen LogP contribution in [0.15, 0.2) is 24.3 Å². The smallest absolute Gasteiger partial charge is 0.0934 e. The zero-order valence-corrected chi connectivity index (χ0v) is 8.09. The van der Waals surface area contributed by atoms with Gasteiger partial charge in [-0.15, -0.1) is 0 Å². The van der Waals surface area contributed by atoms with Crippen molar-refractivity contribution in [3.63, 3.8) is 0 Å². The quantitative estimate of drug-likeness (QED) is 0.488. The van der Waals surface area contributed by atoms with Crippen LogP contribution < -0.4 is 0 Å². The Morgan fingerprint density at radius 1 is 1.30 bits per heavy atom. The van der Waals surface area contributed by atoms with Crippen molar-refractivity contribution in [1.29, 1.82) is 0 Å². The lowest BCUT2D eigenvalue weighted by molar-refractivity contribution is 0.467. The molecule has 0 aliphatic heterocycles. The summed E-state index contributed by atoms with van der Waals surface area (Å²) >= 11 is 10.2. The van der Waals surface area contributed by atoms with Crippen LogP contribution in [-0.4, -0.2) is 12.8 Å². The predicted molar refractivity (Wildman–Crippen MR) is 50.7 cm³/mol. The predicted octanol–water partition coefficient (Wildman–Crippen LogP) is 1.98. The molecule has 0 amide bonds. The highest BCUT2D eigenvalue weighted by Crippen LogP contribution is 2.60. The van der Waals surface area contributed by atoms with Gasteiger partial charge in [0.15, 0.2) is 0 Å². The Bertz CT molecular complexity index is 165. The molecule has 0 saturated carbocycles. The lowest BCUT2D eigenvalue weighted by atomic mass is 10.5. The Morgan fingerprint density at radius 2 is 1.80 bits per heavy atom. The van der Waals surface area contributed by atoms with Gasteiger partial charge in [-0.3, -0.25) is 4.52 Å². The average molecular weight is 191 g/mol. The van der Waals surface area contributed by atoms with Crippen molar-refractivity contribution in [3.05, 3.63) is 24.3 Å². The fourth-order valence-electron chi connectivity index (χ4n) is 0.753. The molecular formula is C6H8OPS2-. The highest BCUT2D eigenvalue weighted by atomic mass is 33.1. The van der Waals surface area contributed by atoms with E-state index in [1.165, 1.54) is 0 Å². The van der Waals surface area contributed by atoms with Crippen LogP contribution in [0.3, 0.4) is 0 Å². The van der Waals surface area contributed by atoms with E-state index in [2.05, 4.69) is 0 Å². The van der Waals surface area contributed by atoms with Crippen LogP contribution in [-0.2, 0) is 29.0 Å². The van der Waals surface area contributed by atoms with Gasteiger partial charge in [-0.1, -0.05) is 18.0 Å². The van der Waals surface area contributed by atoms with Crippen LogP contribution in [0.4, 0.5) is 0 Å². The lowest BCUT2D eigenvalue weighted by Crippen LogP contribution is -2.03. The highest BCUT2D eigenvalue weighted by Gasteiger charge is 2.18. The fraction of sp³-hybridized carbons (Fsp3) is 0.333. The number of allylic oxidation sites excluding steroid dienone is 4. The molecule has 0 spiro atoms. The van der Waals surface area contributed by atoms with Crippen molar-refractivity contribution >= 4 is 30.4 Å². The Kier molecular flexibility index (Phi) is 2.87. The fourth-order valence-corrected chi connectivity index (χ4v) is 2.46. The second-order valence-corrected chi connectivity index (χ2v) is 7.97. The van der Waals surface area contributed by atoms with Crippen molar-refractivity contribution in [2.45, 2.75) is 5.66 Å². The molecule has 1 aliphatic rings. The van der Waals surface area contributed by atoms with E-state index in [1.807, 2.05) is 24.3 Å². The van der Waals surface area contributed by atoms with Crippen LogP contribution in [0.5, 0.6) is 0 Å². The molecule has 0 aromatic carbocycles. The van der Waals surface area contributed by atoms with Gasteiger partial charge in [-0.25, -0.2) is 0 Å². The minimum absolute atomic E-state index is 0.183. The summed E-state index contributed by atoms with van der Waals surface area (Å²) in [5.74, 6) is -1.98. The summed E-state index contributed by atoms with van der Waals surface area (Å²) in [5.41, 5.74) is 0.183. The van der Waals surface area contributed by atoms with E-state index in [9.17, 15) is 0 Å².